The zero-order valence-electron chi connectivity index (χ0n) is 14.5. The number of Topliss-reactive ketones (excluding diaryl/α,β-unsaturated/α-hetero) is 1. The van der Waals surface area contributed by atoms with Crippen molar-refractivity contribution in [2.24, 2.45) is 0 Å². The molecular formula is C16H18N4O3S2. The van der Waals surface area contributed by atoms with Crippen molar-refractivity contribution in [2.45, 2.75) is 27.7 Å². The molecule has 0 aliphatic carbocycles. The summed E-state index contributed by atoms with van der Waals surface area (Å²) in [5.41, 5.74) is 2.74. The number of carbonyl (C=O) groups excluding carboxylic acids is 1. The predicted molar refractivity (Wildman–Crippen MR) is 98.7 cm³/mol. The van der Waals surface area contributed by atoms with E-state index >= 15 is 0 Å². The number of hydrogen-bond acceptors (Lipinski definition) is 7. The van der Waals surface area contributed by atoms with Gasteiger partial charge in [-0.25, -0.2) is 18.4 Å². The van der Waals surface area contributed by atoms with Crippen LogP contribution in [-0.2, 0) is 10.0 Å². The van der Waals surface area contributed by atoms with Crippen LogP contribution >= 0.6 is 11.3 Å². The first-order valence-electron chi connectivity index (χ1n) is 7.55. The fourth-order valence-corrected chi connectivity index (χ4v) is 5.23. The summed E-state index contributed by atoms with van der Waals surface area (Å²) in [4.78, 5) is 21.8. The summed E-state index contributed by atoms with van der Waals surface area (Å²) >= 11 is 1.30. The Labute approximate surface area is 150 Å². The van der Waals surface area contributed by atoms with Crippen LogP contribution in [0, 0.1) is 27.7 Å². The number of sulfonamides is 1. The van der Waals surface area contributed by atoms with Crippen molar-refractivity contribution < 1.29 is 13.2 Å². The summed E-state index contributed by atoms with van der Waals surface area (Å²) in [5.74, 6) is -0.258. The van der Waals surface area contributed by atoms with Crippen molar-refractivity contribution in [3.05, 3.63) is 44.6 Å². The van der Waals surface area contributed by atoms with Crippen molar-refractivity contribution in [3.8, 4) is 0 Å². The first-order chi connectivity index (χ1) is 11.6. The molecule has 1 aliphatic rings. The molecule has 7 nitrogen and oxygen atoms in total. The van der Waals surface area contributed by atoms with Gasteiger partial charge in [0.2, 0.25) is 11.7 Å². The molecule has 0 atom stereocenters. The molecule has 2 aromatic rings. The second kappa shape index (κ2) is 5.92. The number of allylic oxidation sites excluding steroid dienone is 1. The van der Waals surface area contributed by atoms with E-state index < -0.39 is 15.8 Å². The monoisotopic (exact) mass is 378 g/mol. The number of aryl methyl sites for hydroxylation is 3. The maximum Gasteiger partial charge on any atom is 0.270 e. The topological polar surface area (TPSA) is 92.3 Å². The normalized spacial score (nSPS) is 17.7. The minimum Gasteiger partial charge on any atom is -0.329 e. The first kappa shape index (κ1) is 17.6. The molecule has 25 heavy (non-hydrogen) atoms. The third kappa shape index (κ3) is 2.83. The van der Waals surface area contributed by atoms with Gasteiger partial charge in [0.25, 0.3) is 10.0 Å². The van der Waals surface area contributed by atoms with E-state index in [1.54, 1.807) is 6.07 Å². The van der Waals surface area contributed by atoms with Gasteiger partial charge in [-0.1, -0.05) is 0 Å². The number of carbonyl (C=O) groups is 1. The molecule has 1 N–H and O–H groups in total. The van der Waals surface area contributed by atoms with Gasteiger partial charge >= 0.3 is 0 Å². The maximum absolute atomic E-state index is 12.8. The Balaban J connectivity index is 2.09. The smallest absolute Gasteiger partial charge is 0.270 e. The standard InChI is InChI=1S/C16H18N4O3S2/c1-8-6-9(2)19-16(18-8)17-7-12-14(21)13-10(3)11(4)24-15(13)20(5)25(12,22)23/h6-7H,1-5H3,(H,17,18,19)/b12-7+. The lowest BCUT2D eigenvalue weighted by Crippen LogP contribution is -2.36. The molecule has 0 unspecified atom stereocenters. The highest BCUT2D eigenvalue weighted by Gasteiger charge is 2.41. The summed E-state index contributed by atoms with van der Waals surface area (Å²) in [6.07, 6.45) is 1.18. The maximum atomic E-state index is 12.8. The van der Waals surface area contributed by atoms with Gasteiger partial charge in [-0.2, -0.15) is 0 Å². The van der Waals surface area contributed by atoms with Crippen LogP contribution in [0.3, 0.4) is 0 Å². The van der Waals surface area contributed by atoms with Crippen molar-refractivity contribution in [2.75, 3.05) is 16.7 Å². The molecular weight excluding hydrogens is 360 g/mol. The quantitative estimate of drug-likeness (QED) is 0.808. The zero-order valence-corrected chi connectivity index (χ0v) is 16.2. The average Bonchev–Trinajstić information content (AvgIpc) is 2.80. The first-order valence-corrected chi connectivity index (χ1v) is 9.81. The zero-order chi connectivity index (χ0) is 18.5. The van der Waals surface area contributed by atoms with Crippen LogP contribution in [0.5, 0.6) is 0 Å². The Morgan fingerprint density at radius 1 is 1.16 bits per heavy atom. The van der Waals surface area contributed by atoms with Crippen LogP contribution in [0.1, 0.15) is 32.2 Å². The second-order valence-corrected chi connectivity index (χ2v) is 9.03. The van der Waals surface area contributed by atoms with E-state index in [4.69, 9.17) is 0 Å². The highest BCUT2D eigenvalue weighted by atomic mass is 32.2. The number of nitrogens with zero attached hydrogens (tertiary/aromatic N) is 3. The van der Waals surface area contributed by atoms with E-state index in [1.807, 2.05) is 27.7 Å². The van der Waals surface area contributed by atoms with E-state index in [2.05, 4.69) is 15.3 Å². The van der Waals surface area contributed by atoms with E-state index in [-0.39, 0.29) is 10.9 Å². The van der Waals surface area contributed by atoms with Crippen LogP contribution in [0.25, 0.3) is 0 Å². The van der Waals surface area contributed by atoms with Crippen LogP contribution in [-0.4, -0.2) is 31.2 Å². The van der Waals surface area contributed by atoms with Gasteiger partial charge in [0.15, 0.2) is 4.91 Å². The van der Waals surface area contributed by atoms with Gasteiger partial charge < -0.3 is 5.32 Å². The number of fused-ring (bicyclic) bond motifs is 1. The number of nitrogens with one attached hydrogen (secondary N) is 1. The third-order valence-electron chi connectivity index (χ3n) is 4.06. The molecule has 132 valence electrons. The Bertz CT molecular complexity index is 1000. The van der Waals surface area contributed by atoms with Gasteiger partial charge in [0, 0.05) is 29.5 Å². The van der Waals surface area contributed by atoms with Crippen LogP contribution < -0.4 is 9.62 Å². The fourth-order valence-electron chi connectivity index (χ4n) is 2.66. The molecule has 0 radical (unpaired) electrons. The van der Waals surface area contributed by atoms with E-state index in [1.165, 1.54) is 24.6 Å². The van der Waals surface area contributed by atoms with E-state index in [0.717, 1.165) is 26.1 Å². The molecule has 0 amide bonds. The number of anilines is 2. The molecule has 2 aromatic heterocycles. The molecule has 1 aliphatic heterocycles. The van der Waals surface area contributed by atoms with Crippen molar-refractivity contribution in [3.63, 3.8) is 0 Å². The number of aromatic nitrogens is 2. The Hall–Kier alpha value is -2.26. The summed E-state index contributed by atoms with van der Waals surface area (Å²) in [6, 6.07) is 1.80. The van der Waals surface area contributed by atoms with Crippen LogP contribution in [0.15, 0.2) is 17.2 Å². The number of ketones is 1. The van der Waals surface area contributed by atoms with Crippen molar-refractivity contribution in [1.82, 2.24) is 9.97 Å². The lowest BCUT2D eigenvalue weighted by Gasteiger charge is -2.25. The molecule has 0 aromatic carbocycles. The average molecular weight is 378 g/mol. The molecule has 3 rings (SSSR count). The molecule has 0 fully saturated rings. The van der Waals surface area contributed by atoms with Gasteiger partial charge in [-0.15, -0.1) is 11.3 Å². The summed E-state index contributed by atoms with van der Waals surface area (Å²) < 4.78 is 26.6. The highest BCUT2D eigenvalue weighted by Crippen LogP contribution is 2.42. The molecule has 0 bridgehead atoms. The summed E-state index contributed by atoms with van der Waals surface area (Å²) in [7, 11) is -2.47. The van der Waals surface area contributed by atoms with Gasteiger partial charge in [0.05, 0.1) is 5.56 Å². The minimum absolute atomic E-state index is 0.250. The van der Waals surface area contributed by atoms with E-state index in [0.29, 0.717) is 10.6 Å². The number of hydrogen-bond donors (Lipinski definition) is 1. The SMILES string of the molecule is Cc1cc(C)nc(N/C=C2\C(=O)c3c(sc(C)c3C)N(C)S2(=O)=O)n1. The minimum atomic E-state index is -3.92. The second-order valence-electron chi connectivity index (χ2n) is 5.89. The fraction of sp³-hybridized carbons (Fsp3) is 0.312. The molecule has 3 heterocycles. The Morgan fingerprint density at radius 2 is 1.76 bits per heavy atom. The molecule has 0 saturated carbocycles. The molecule has 0 saturated heterocycles. The van der Waals surface area contributed by atoms with Gasteiger partial charge in [-0.05, 0) is 39.3 Å². The Kier molecular flexibility index (Phi) is 4.16. The predicted octanol–water partition coefficient (Wildman–Crippen LogP) is 2.69. The molecule has 0 spiro atoms. The van der Waals surface area contributed by atoms with Crippen molar-refractivity contribution >= 4 is 38.1 Å². The summed E-state index contributed by atoms with van der Waals surface area (Å²) in [5, 5.41) is 3.21. The number of thiophene rings is 1. The number of rotatable bonds is 2. The lowest BCUT2D eigenvalue weighted by atomic mass is 10.1. The van der Waals surface area contributed by atoms with Crippen molar-refractivity contribution in [1.29, 1.82) is 0 Å². The largest absolute Gasteiger partial charge is 0.329 e. The van der Waals surface area contributed by atoms with Gasteiger partial charge in [-0.3, -0.25) is 9.10 Å². The third-order valence-corrected chi connectivity index (χ3v) is 7.22. The molecule has 9 heteroatoms. The van der Waals surface area contributed by atoms with Crippen LogP contribution in [0.4, 0.5) is 10.9 Å². The lowest BCUT2D eigenvalue weighted by molar-refractivity contribution is 0.104. The van der Waals surface area contributed by atoms with Gasteiger partial charge in [0.1, 0.15) is 5.00 Å². The van der Waals surface area contributed by atoms with E-state index in [9.17, 15) is 13.2 Å². The Morgan fingerprint density at radius 3 is 2.36 bits per heavy atom. The summed E-state index contributed by atoms with van der Waals surface area (Å²) in [6.45, 7) is 7.32. The highest BCUT2D eigenvalue weighted by molar-refractivity contribution is 7.98. The van der Waals surface area contributed by atoms with Crippen LogP contribution in [0.2, 0.25) is 0 Å².